The second-order valence-electron chi connectivity index (χ2n) is 22.3. The smallest absolute Gasteiger partial charge is 0.328 e. The van der Waals surface area contributed by atoms with Crippen molar-refractivity contribution in [3.8, 4) is 23.0 Å². The van der Waals surface area contributed by atoms with E-state index in [1.165, 1.54) is 53.8 Å². The van der Waals surface area contributed by atoms with Gasteiger partial charge in [-0.05, 0) is 183 Å². The van der Waals surface area contributed by atoms with Gasteiger partial charge in [-0.3, -0.25) is 38.9 Å². The van der Waals surface area contributed by atoms with Gasteiger partial charge < -0.3 is 38.5 Å². The van der Waals surface area contributed by atoms with Crippen molar-refractivity contribution >= 4 is 93.6 Å². The molecule has 0 spiro atoms. The molecule has 0 aromatic heterocycles. The van der Waals surface area contributed by atoms with Gasteiger partial charge in [-0.25, -0.2) is 17.5 Å². The van der Waals surface area contributed by atoms with Crippen LogP contribution in [0.2, 0.25) is 10.0 Å². The summed E-state index contributed by atoms with van der Waals surface area (Å²) in [6.07, 6.45) is 10.5. The number of nitrogens with zero attached hydrogens (tertiary/aromatic N) is 6. The summed E-state index contributed by atoms with van der Waals surface area (Å²) >= 11 is 12.2. The number of piperidine rings is 4. The first-order chi connectivity index (χ1) is 40.8. The van der Waals surface area contributed by atoms with Crippen molar-refractivity contribution in [2.24, 2.45) is 0 Å². The second kappa shape index (κ2) is 32.6. The molecule has 5 fully saturated rings. The fraction of sp³-hybridized carbons (Fsp3) is 0.508. The summed E-state index contributed by atoms with van der Waals surface area (Å²) in [5, 5.41) is 11.8. The minimum atomic E-state index is -3.19. The van der Waals surface area contributed by atoms with Gasteiger partial charge in [0, 0.05) is 74.0 Å². The summed E-state index contributed by atoms with van der Waals surface area (Å²) in [7, 11) is -1.88. The molecule has 21 nitrogen and oxygen atoms in total. The van der Waals surface area contributed by atoms with Crippen molar-refractivity contribution < 1.29 is 65.9 Å². The van der Waals surface area contributed by atoms with Crippen molar-refractivity contribution in [3.63, 3.8) is 0 Å². The molecule has 480 valence electrons. The van der Waals surface area contributed by atoms with Crippen molar-refractivity contribution in [1.29, 1.82) is 0 Å². The number of likely N-dealkylation sites (tertiary alicyclic amines) is 4. The molecule has 9 rings (SSSR count). The molecule has 0 aliphatic carbocycles. The first-order valence-electron chi connectivity index (χ1n) is 29.0. The van der Waals surface area contributed by atoms with E-state index in [-0.39, 0.29) is 96.9 Å². The molecule has 88 heavy (non-hydrogen) atoms. The van der Waals surface area contributed by atoms with Gasteiger partial charge in [0.15, 0.2) is 11.6 Å². The number of rotatable bonds is 14. The average molecular weight is 1300 g/mol. The van der Waals surface area contributed by atoms with Crippen LogP contribution >= 0.6 is 36.7 Å². The van der Waals surface area contributed by atoms with Crippen LogP contribution in [0.4, 0.5) is 5.69 Å². The highest BCUT2D eigenvalue weighted by Crippen LogP contribution is 2.36. The number of amides is 4. The SMILES string of the molecule is C.CC(=O)C1CCCCN1C(=O)c1ccc(OC2CCCN(C(C)=O)C2)c(C)c1.CC(=O)C1CCCCN1C(=O)c1ccc(Oc2ccc(Cl)cc2[N+](=O)[O-])c(C)c1.COC(=O)C1CCCN1C(=O)c1ccc(OC2CCN(S(C)(=O)=O)CC2)c(Cl)c1.S. The number of aryl methyl sites for hydroxylation is 2. The number of nitro benzene ring substituents is 1. The molecule has 4 unspecified atom stereocenters. The van der Waals surface area contributed by atoms with Crippen LogP contribution in [-0.4, -0.2) is 168 Å². The number of sulfonamides is 1. The van der Waals surface area contributed by atoms with Gasteiger partial charge >= 0.3 is 11.7 Å². The predicted molar refractivity (Wildman–Crippen MR) is 340 cm³/mol. The number of Topliss-reactive ketones (excluding diaryl/α,β-unsaturated/α-hetero) is 2. The van der Waals surface area contributed by atoms with Gasteiger partial charge in [0.1, 0.15) is 35.5 Å². The zero-order valence-electron chi connectivity index (χ0n) is 50.2. The number of halogens is 2. The summed E-state index contributed by atoms with van der Waals surface area (Å²) < 4.78 is 47.2. The monoisotopic (exact) mass is 1300 g/mol. The number of benzene rings is 4. The summed E-state index contributed by atoms with van der Waals surface area (Å²) in [6, 6.07) is 18.1. The van der Waals surface area contributed by atoms with Gasteiger partial charge in [0.05, 0.1) is 41.9 Å². The lowest BCUT2D eigenvalue weighted by Gasteiger charge is -2.34. The molecule has 4 aromatic rings. The van der Waals surface area contributed by atoms with E-state index in [0.29, 0.717) is 104 Å². The summed E-state index contributed by atoms with van der Waals surface area (Å²) in [5.74, 6) is 0.806. The van der Waals surface area contributed by atoms with Crippen LogP contribution in [0, 0.1) is 24.0 Å². The van der Waals surface area contributed by atoms with Gasteiger partial charge in [-0.15, -0.1) is 0 Å². The van der Waals surface area contributed by atoms with Crippen LogP contribution in [0.5, 0.6) is 23.0 Å². The topological polar surface area (TPSA) is 250 Å². The van der Waals surface area contributed by atoms with E-state index < -0.39 is 27.0 Å². The van der Waals surface area contributed by atoms with E-state index in [2.05, 4.69) is 0 Å². The number of esters is 1. The molecule has 4 amide bonds. The highest BCUT2D eigenvalue weighted by atomic mass is 35.5. The molecule has 4 aromatic carbocycles. The molecule has 4 atom stereocenters. The molecule has 5 saturated heterocycles. The van der Waals surface area contributed by atoms with Gasteiger partial charge in [-0.2, -0.15) is 13.5 Å². The van der Waals surface area contributed by atoms with E-state index in [1.54, 1.807) is 67.0 Å². The third-order valence-electron chi connectivity index (χ3n) is 16.1. The lowest BCUT2D eigenvalue weighted by molar-refractivity contribution is -0.385. The maximum absolute atomic E-state index is 13.0. The number of ether oxygens (including phenoxy) is 4. The molecular formula is C63H82Cl2N6O15S2. The Labute approximate surface area is 532 Å². The molecular weight excluding hydrogens is 1220 g/mol. The standard InChI is InChI=1S/C22H30N2O4.C21H21ClN2O5.C19H25ClN2O6S.CH4.H2S/c1-15-13-18(22(27)24-12-5-4-8-20(24)16(2)25)9-10-21(15)28-19-7-6-11-23(14-19)17(3)26;1-13-11-15(21(26)23-10-4-3-5-17(23)14(2)25)6-8-19(13)29-20-9-7-16(22)12-18(20)24(27)28;1-27-19(24)16-4-3-9-22(16)18(23)13-5-6-17(15(20)12-13)28-14-7-10-21(11-8-14)29(2,25)26;;/h9-10,13,19-20H,4-8,11-12,14H2,1-3H3;6-9,11-12,17H,3-5,10H2,1-2H3;5-6,12,14,16H,3-4,7-11H2,1-2H3;1H4;1H2. The molecule has 5 heterocycles. The fourth-order valence-corrected chi connectivity index (χ4v) is 12.7. The van der Waals surface area contributed by atoms with Crippen LogP contribution in [0.25, 0.3) is 0 Å². The minimum absolute atomic E-state index is 0. The maximum Gasteiger partial charge on any atom is 0.328 e. The Morgan fingerprint density at radius 2 is 1.03 bits per heavy atom. The molecule has 5 aliphatic heterocycles. The van der Waals surface area contributed by atoms with E-state index >= 15 is 0 Å². The number of carbonyl (C=O) groups is 7. The zero-order chi connectivity index (χ0) is 62.6. The fourth-order valence-electron chi connectivity index (χ4n) is 11.4. The summed E-state index contributed by atoms with van der Waals surface area (Å²) in [5.41, 5.74) is 2.72. The van der Waals surface area contributed by atoms with Crippen molar-refractivity contribution in [2.75, 3.05) is 59.2 Å². The van der Waals surface area contributed by atoms with Gasteiger partial charge in [0.2, 0.25) is 21.7 Å². The molecule has 25 heteroatoms. The molecule has 0 radical (unpaired) electrons. The van der Waals surface area contributed by atoms with Crippen LogP contribution in [0.15, 0.2) is 72.8 Å². The number of hydrogen-bond acceptors (Lipinski definition) is 15. The molecule has 0 saturated carbocycles. The normalized spacial score (nSPS) is 19.6. The van der Waals surface area contributed by atoms with Crippen LogP contribution < -0.4 is 14.2 Å². The van der Waals surface area contributed by atoms with E-state index in [0.717, 1.165) is 69.2 Å². The van der Waals surface area contributed by atoms with Crippen LogP contribution in [0.1, 0.15) is 147 Å². The molecule has 5 aliphatic rings. The lowest BCUT2D eigenvalue weighted by Crippen LogP contribution is -2.47. The Kier molecular flexibility index (Phi) is 26.7. The van der Waals surface area contributed by atoms with Gasteiger partial charge in [0.25, 0.3) is 17.7 Å². The first-order valence-corrected chi connectivity index (χ1v) is 31.6. The number of carbonyl (C=O) groups excluding carboxylic acids is 7. The Hall–Kier alpha value is -6.79. The average Bonchev–Trinajstić information content (AvgIpc) is 1.59. The third kappa shape index (κ3) is 18.6. The molecule has 0 bridgehead atoms. The number of methoxy groups -OCH3 is 1. The third-order valence-corrected chi connectivity index (χ3v) is 17.9. The lowest BCUT2D eigenvalue weighted by atomic mass is 9.97. The number of hydrogen-bond donors (Lipinski definition) is 0. The quantitative estimate of drug-likeness (QED) is 0.0647. The number of nitro groups is 1. The van der Waals surface area contributed by atoms with Crippen molar-refractivity contribution in [2.45, 2.75) is 149 Å². The van der Waals surface area contributed by atoms with Gasteiger partial charge in [-0.1, -0.05) is 30.6 Å². The summed E-state index contributed by atoms with van der Waals surface area (Å²) in [6.45, 7) is 12.2. The maximum atomic E-state index is 13.0. The Morgan fingerprint density at radius 1 is 0.568 bits per heavy atom. The van der Waals surface area contributed by atoms with E-state index in [9.17, 15) is 52.1 Å². The zero-order valence-corrected chi connectivity index (χ0v) is 53.5. The van der Waals surface area contributed by atoms with Crippen molar-refractivity contribution in [3.05, 3.63) is 121 Å². The Bertz CT molecular complexity index is 3310. The van der Waals surface area contributed by atoms with Crippen LogP contribution in [-0.2, 0) is 33.9 Å². The number of ketones is 2. The second-order valence-corrected chi connectivity index (χ2v) is 25.2. The van der Waals surface area contributed by atoms with E-state index in [4.69, 9.17) is 42.1 Å². The minimum Gasteiger partial charge on any atom is -0.489 e. The highest BCUT2D eigenvalue weighted by molar-refractivity contribution is 7.88. The summed E-state index contributed by atoms with van der Waals surface area (Å²) in [4.78, 5) is 103. The highest BCUT2D eigenvalue weighted by Gasteiger charge is 2.37. The Balaban J connectivity index is 0.000000238. The van der Waals surface area contributed by atoms with Crippen LogP contribution in [0.3, 0.4) is 0 Å². The van der Waals surface area contributed by atoms with E-state index in [1.807, 2.05) is 24.0 Å². The van der Waals surface area contributed by atoms with Crippen molar-refractivity contribution in [1.82, 2.24) is 23.9 Å². The first kappa shape index (κ1) is 72.0. The molecule has 0 N–H and O–H groups in total. The Morgan fingerprint density at radius 3 is 1.52 bits per heavy atom. The predicted octanol–water partition coefficient (Wildman–Crippen LogP) is 10.6. The largest absolute Gasteiger partial charge is 0.489 e.